The Bertz CT molecular complexity index is 182. The molecule has 0 N–H and O–H groups in total. The van der Waals surface area contributed by atoms with E-state index in [1.165, 1.54) is 0 Å². The molecule has 1 fully saturated rings. The number of Topliss-reactive ketones (excluding diaryl/α,β-unsaturated/α-hetero) is 1. The Balaban J connectivity index is 2.26. The van der Waals surface area contributed by atoms with Crippen molar-refractivity contribution in [2.45, 2.75) is 50.2 Å². The largest absolute Gasteiger partial charge is 0.377 e. The third-order valence-electron chi connectivity index (χ3n) is 2.29. The average molecular weight is 202 g/mol. The van der Waals surface area contributed by atoms with Crippen molar-refractivity contribution < 1.29 is 9.53 Å². The Hall–Kier alpha value is -0.0200. The Kier molecular flexibility index (Phi) is 4.26. The van der Waals surface area contributed by atoms with E-state index in [9.17, 15) is 4.79 Å². The quantitative estimate of drug-likeness (QED) is 0.699. The first kappa shape index (κ1) is 11.1. The minimum absolute atomic E-state index is 0.284. The van der Waals surface area contributed by atoms with E-state index in [-0.39, 0.29) is 5.78 Å². The van der Waals surface area contributed by atoms with Gasteiger partial charge in [0.2, 0.25) is 0 Å². The van der Waals surface area contributed by atoms with E-state index < -0.39 is 0 Å². The third kappa shape index (κ3) is 3.69. The molecule has 13 heavy (non-hydrogen) atoms. The average Bonchev–Trinajstić information content (AvgIpc) is 2.34. The van der Waals surface area contributed by atoms with Gasteiger partial charge in [-0.25, -0.2) is 0 Å². The number of ketones is 1. The number of carbonyl (C=O) groups is 1. The second-order valence-corrected chi connectivity index (χ2v) is 5.44. The molecule has 0 aromatic rings. The molecule has 3 unspecified atom stereocenters. The van der Waals surface area contributed by atoms with Crippen LogP contribution in [-0.2, 0) is 9.53 Å². The summed E-state index contributed by atoms with van der Waals surface area (Å²) in [6, 6.07) is 0. The molecule has 76 valence electrons. The van der Waals surface area contributed by atoms with E-state index in [1.54, 1.807) is 6.92 Å². The fraction of sp³-hybridized carbons (Fsp3) is 0.900. The van der Waals surface area contributed by atoms with Crippen LogP contribution in [0.5, 0.6) is 0 Å². The molecule has 0 radical (unpaired) electrons. The SMILES string of the molecule is CC(=O)CC(C)SC1CCOC1C. The summed E-state index contributed by atoms with van der Waals surface area (Å²) in [5, 5.41) is 1.03. The molecule has 1 heterocycles. The van der Waals surface area contributed by atoms with Crippen LogP contribution in [-0.4, -0.2) is 29.0 Å². The Morgan fingerprint density at radius 2 is 2.38 bits per heavy atom. The zero-order chi connectivity index (χ0) is 9.84. The maximum Gasteiger partial charge on any atom is 0.130 e. The lowest BCUT2D eigenvalue weighted by atomic mass is 10.2. The van der Waals surface area contributed by atoms with Gasteiger partial charge in [0.1, 0.15) is 5.78 Å². The van der Waals surface area contributed by atoms with E-state index >= 15 is 0 Å². The highest BCUT2D eigenvalue weighted by atomic mass is 32.2. The fourth-order valence-electron chi connectivity index (χ4n) is 1.64. The predicted octanol–water partition coefficient (Wildman–Crippen LogP) is 2.26. The van der Waals surface area contributed by atoms with Gasteiger partial charge in [-0.1, -0.05) is 6.92 Å². The fourth-order valence-corrected chi connectivity index (χ4v) is 3.10. The first-order valence-electron chi connectivity index (χ1n) is 4.86. The minimum Gasteiger partial charge on any atom is -0.377 e. The summed E-state index contributed by atoms with van der Waals surface area (Å²) in [6.45, 7) is 6.78. The van der Waals surface area contributed by atoms with Crippen LogP contribution in [0.1, 0.15) is 33.6 Å². The Morgan fingerprint density at radius 3 is 2.85 bits per heavy atom. The number of hydrogen-bond acceptors (Lipinski definition) is 3. The first-order valence-corrected chi connectivity index (χ1v) is 5.80. The summed E-state index contributed by atoms with van der Waals surface area (Å²) < 4.78 is 5.47. The summed E-state index contributed by atoms with van der Waals surface area (Å²) in [5.41, 5.74) is 0. The second-order valence-electron chi connectivity index (χ2n) is 3.76. The van der Waals surface area contributed by atoms with Gasteiger partial charge in [-0.15, -0.1) is 0 Å². The van der Waals surface area contributed by atoms with Gasteiger partial charge in [-0.2, -0.15) is 11.8 Å². The van der Waals surface area contributed by atoms with E-state index in [0.717, 1.165) is 13.0 Å². The van der Waals surface area contributed by atoms with Crippen LogP contribution in [0.15, 0.2) is 0 Å². The van der Waals surface area contributed by atoms with E-state index in [1.807, 2.05) is 11.8 Å². The summed E-state index contributed by atoms with van der Waals surface area (Å²) in [6.07, 6.45) is 2.18. The molecule has 0 amide bonds. The van der Waals surface area contributed by atoms with Crippen molar-refractivity contribution in [3.05, 3.63) is 0 Å². The van der Waals surface area contributed by atoms with Crippen molar-refractivity contribution >= 4 is 17.5 Å². The molecular formula is C10H18O2S. The molecule has 3 atom stereocenters. The molecule has 2 nitrogen and oxygen atoms in total. The van der Waals surface area contributed by atoms with E-state index in [0.29, 0.717) is 23.0 Å². The lowest BCUT2D eigenvalue weighted by Gasteiger charge is -2.17. The Labute approximate surface area is 84.4 Å². The normalized spacial score (nSPS) is 30.4. The number of carbonyl (C=O) groups excluding carboxylic acids is 1. The van der Waals surface area contributed by atoms with Crippen molar-refractivity contribution in [1.29, 1.82) is 0 Å². The number of thioether (sulfide) groups is 1. The van der Waals surface area contributed by atoms with Crippen molar-refractivity contribution in [3.63, 3.8) is 0 Å². The highest BCUT2D eigenvalue weighted by molar-refractivity contribution is 8.00. The highest BCUT2D eigenvalue weighted by Crippen LogP contribution is 2.30. The lowest BCUT2D eigenvalue weighted by molar-refractivity contribution is -0.116. The minimum atomic E-state index is 0.284. The van der Waals surface area contributed by atoms with Gasteiger partial charge >= 0.3 is 0 Å². The standard InChI is InChI=1S/C10H18O2S/c1-7(11)6-8(2)13-10-4-5-12-9(10)3/h8-10H,4-6H2,1-3H3. The molecule has 0 saturated carbocycles. The molecule has 0 aliphatic carbocycles. The van der Waals surface area contributed by atoms with Crippen molar-refractivity contribution in [1.82, 2.24) is 0 Å². The topological polar surface area (TPSA) is 26.3 Å². The molecule has 3 heteroatoms. The van der Waals surface area contributed by atoms with Gasteiger partial charge in [0.25, 0.3) is 0 Å². The van der Waals surface area contributed by atoms with Gasteiger partial charge in [0.05, 0.1) is 6.10 Å². The summed E-state index contributed by atoms with van der Waals surface area (Å²) in [5.74, 6) is 0.284. The van der Waals surface area contributed by atoms with Crippen LogP contribution in [0.3, 0.4) is 0 Å². The van der Waals surface area contributed by atoms with Crippen molar-refractivity contribution in [3.8, 4) is 0 Å². The molecular weight excluding hydrogens is 184 g/mol. The maximum atomic E-state index is 10.9. The van der Waals surface area contributed by atoms with Crippen LogP contribution < -0.4 is 0 Å². The van der Waals surface area contributed by atoms with Crippen molar-refractivity contribution in [2.24, 2.45) is 0 Å². The van der Waals surface area contributed by atoms with Crippen LogP contribution in [0.25, 0.3) is 0 Å². The van der Waals surface area contributed by atoms with Crippen LogP contribution in [0, 0.1) is 0 Å². The number of rotatable bonds is 4. The molecule has 0 bridgehead atoms. The number of hydrogen-bond donors (Lipinski definition) is 0. The van der Waals surface area contributed by atoms with Crippen LogP contribution in [0.2, 0.25) is 0 Å². The lowest BCUT2D eigenvalue weighted by Crippen LogP contribution is -2.17. The summed E-state index contributed by atoms with van der Waals surface area (Å²) >= 11 is 1.90. The van der Waals surface area contributed by atoms with Gasteiger partial charge < -0.3 is 4.74 Å². The van der Waals surface area contributed by atoms with Gasteiger partial charge in [-0.3, -0.25) is 4.79 Å². The maximum absolute atomic E-state index is 10.9. The molecule has 1 aliphatic heterocycles. The zero-order valence-electron chi connectivity index (χ0n) is 8.58. The number of ether oxygens (including phenoxy) is 1. The second kappa shape index (κ2) is 5.01. The molecule has 0 spiro atoms. The monoisotopic (exact) mass is 202 g/mol. The van der Waals surface area contributed by atoms with Gasteiger partial charge in [0.15, 0.2) is 0 Å². The van der Waals surface area contributed by atoms with Gasteiger partial charge in [0, 0.05) is 23.5 Å². The van der Waals surface area contributed by atoms with Crippen LogP contribution in [0.4, 0.5) is 0 Å². The molecule has 1 rings (SSSR count). The predicted molar refractivity (Wildman–Crippen MR) is 56.2 cm³/mol. The summed E-state index contributed by atoms with van der Waals surface area (Å²) in [7, 11) is 0. The first-order chi connectivity index (χ1) is 6.09. The van der Waals surface area contributed by atoms with Gasteiger partial charge in [-0.05, 0) is 20.3 Å². The molecule has 0 aromatic heterocycles. The van der Waals surface area contributed by atoms with E-state index in [4.69, 9.17) is 4.74 Å². The summed E-state index contributed by atoms with van der Waals surface area (Å²) in [4.78, 5) is 10.9. The highest BCUT2D eigenvalue weighted by Gasteiger charge is 2.26. The third-order valence-corrected chi connectivity index (χ3v) is 3.89. The van der Waals surface area contributed by atoms with Crippen LogP contribution >= 0.6 is 11.8 Å². The van der Waals surface area contributed by atoms with E-state index in [2.05, 4.69) is 13.8 Å². The zero-order valence-corrected chi connectivity index (χ0v) is 9.39. The molecule has 1 aliphatic rings. The van der Waals surface area contributed by atoms with Crippen molar-refractivity contribution in [2.75, 3.05) is 6.61 Å². The smallest absolute Gasteiger partial charge is 0.130 e. The Morgan fingerprint density at radius 1 is 1.69 bits per heavy atom. The molecule has 0 aromatic carbocycles. The molecule has 1 saturated heterocycles.